The highest BCUT2D eigenvalue weighted by molar-refractivity contribution is 6.51. The van der Waals surface area contributed by atoms with Gasteiger partial charge in [-0.25, -0.2) is 0 Å². The van der Waals surface area contributed by atoms with Crippen molar-refractivity contribution >= 4 is 46.3 Å². The summed E-state index contributed by atoms with van der Waals surface area (Å²) in [4.78, 5) is 27.6. The van der Waals surface area contributed by atoms with Crippen molar-refractivity contribution in [2.45, 2.75) is 13.0 Å². The second-order valence-electron chi connectivity index (χ2n) is 7.13. The molecule has 0 saturated carbocycles. The molecular formula is C25H19Cl2NO4. The lowest BCUT2D eigenvalue weighted by Crippen LogP contribution is -2.29. The van der Waals surface area contributed by atoms with E-state index in [1.807, 2.05) is 25.1 Å². The number of halogens is 2. The quantitative estimate of drug-likeness (QED) is 0.283. The monoisotopic (exact) mass is 467 g/mol. The number of amides is 1. The first kappa shape index (κ1) is 21.9. The normalized spacial score (nSPS) is 17.6. The Labute approximate surface area is 195 Å². The van der Waals surface area contributed by atoms with Crippen LogP contribution in [-0.4, -0.2) is 23.4 Å². The maximum atomic E-state index is 13.1. The average Bonchev–Trinajstić information content (AvgIpc) is 3.07. The minimum atomic E-state index is -0.816. The van der Waals surface area contributed by atoms with Gasteiger partial charge >= 0.3 is 0 Å². The number of nitrogens with zero attached hydrogens (tertiary/aromatic N) is 1. The molecule has 5 nitrogen and oxygen atoms in total. The summed E-state index contributed by atoms with van der Waals surface area (Å²) in [7, 11) is 0. The number of hydrogen-bond donors (Lipinski definition) is 1. The van der Waals surface area contributed by atoms with Gasteiger partial charge in [0.15, 0.2) is 0 Å². The Kier molecular flexibility index (Phi) is 6.21. The minimum Gasteiger partial charge on any atom is -0.507 e. The Hall–Kier alpha value is -3.28. The summed E-state index contributed by atoms with van der Waals surface area (Å²) in [5, 5.41) is 12.1. The van der Waals surface area contributed by atoms with Crippen molar-refractivity contribution in [1.29, 1.82) is 0 Å². The van der Waals surface area contributed by atoms with E-state index in [9.17, 15) is 14.7 Å². The van der Waals surface area contributed by atoms with E-state index in [1.54, 1.807) is 54.6 Å². The number of hydrogen-bond acceptors (Lipinski definition) is 4. The number of rotatable bonds is 5. The van der Waals surface area contributed by atoms with E-state index in [0.717, 1.165) is 0 Å². The van der Waals surface area contributed by atoms with Gasteiger partial charge in [0.2, 0.25) is 0 Å². The van der Waals surface area contributed by atoms with Gasteiger partial charge in [-0.15, -0.1) is 0 Å². The molecule has 0 bridgehead atoms. The third kappa shape index (κ3) is 3.97. The number of aliphatic hydroxyl groups is 1. The number of ether oxygens (including phenoxy) is 1. The molecule has 1 saturated heterocycles. The largest absolute Gasteiger partial charge is 0.507 e. The number of carbonyl (C=O) groups excluding carboxylic acids is 2. The molecule has 7 heteroatoms. The average molecular weight is 468 g/mol. The minimum absolute atomic E-state index is 0.0130. The number of ketones is 1. The zero-order valence-corrected chi connectivity index (χ0v) is 18.6. The van der Waals surface area contributed by atoms with E-state index >= 15 is 0 Å². The van der Waals surface area contributed by atoms with E-state index in [2.05, 4.69) is 0 Å². The maximum absolute atomic E-state index is 13.1. The molecular weight excluding hydrogens is 449 g/mol. The van der Waals surface area contributed by atoms with E-state index in [4.69, 9.17) is 27.9 Å². The fourth-order valence-electron chi connectivity index (χ4n) is 3.72. The summed E-state index contributed by atoms with van der Waals surface area (Å²) in [6.07, 6.45) is 0. The predicted octanol–water partition coefficient (Wildman–Crippen LogP) is 6.02. The van der Waals surface area contributed by atoms with Crippen LogP contribution in [0, 0.1) is 0 Å². The molecule has 0 aliphatic carbocycles. The van der Waals surface area contributed by atoms with Crippen LogP contribution in [0.1, 0.15) is 24.1 Å². The van der Waals surface area contributed by atoms with Gasteiger partial charge in [-0.2, -0.15) is 0 Å². The molecule has 1 aliphatic rings. The molecule has 1 unspecified atom stereocenters. The van der Waals surface area contributed by atoms with Crippen LogP contribution in [0.15, 0.2) is 78.4 Å². The summed E-state index contributed by atoms with van der Waals surface area (Å²) in [5.74, 6) is -1.44. The van der Waals surface area contributed by atoms with E-state index in [-0.39, 0.29) is 11.3 Å². The van der Waals surface area contributed by atoms with Crippen LogP contribution in [0.2, 0.25) is 10.0 Å². The number of carbonyl (C=O) groups is 2. The lowest BCUT2D eigenvalue weighted by molar-refractivity contribution is -0.132. The van der Waals surface area contributed by atoms with Gasteiger partial charge in [-0.1, -0.05) is 53.5 Å². The summed E-state index contributed by atoms with van der Waals surface area (Å²) < 4.78 is 5.51. The van der Waals surface area contributed by atoms with E-state index in [0.29, 0.717) is 39.2 Å². The highest BCUT2D eigenvalue weighted by Crippen LogP contribution is 2.42. The smallest absolute Gasteiger partial charge is 0.300 e. The molecule has 1 fully saturated rings. The molecule has 3 aromatic carbocycles. The van der Waals surface area contributed by atoms with Gasteiger partial charge in [0.1, 0.15) is 11.5 Å². The van der Waals surface area contributed by atoms with Crippen LogP contribution in [0.25, 0.3) is 5.76 Å². The number of Topliss-reactive ketones (excluding diaryl/α,β-unsaturated/α-hetero) is 1. The molecule has 0 radical (unpaired) electrons. The van der Waals surface area contributed by atoms with Crippen LogP contribution < -0.4 is 9.64 Å². The van der Waals surface area contributed by atoms with Crippen molar-refractivity contribution in [2.75, 3.05) is 11.5 Å². The molecule has 0 aromatic heterocycles. The molecule has 1 amide bonds. The zero-order valence-electron chi connectivity index (χ0n) is 17.1. The molecule has 1 N–H and O–H groups in total. The van der Waals surface area contributed by atoms with Crippen LogP contribution in [0.3, 0.4) is 0 Å². The summed E-state index contributed by atoms with van der Waals surface area (Å²) in [6.45, 7) is 2.20. The third-order valence-electron chi connectivity index (χ3n) is 5.17. The Morgan fingerprint density at radius 3 is 2.34 bits per heavy atom. The van der Waals surface area contributed by atoms with Gasteiger partial charge in [0, 0.05) is 16.3 Å². The SMILES string of the molecule is CCOc1cc(/C(O)=C2/C(=O)C(=O)N(c3ccc(Cl)cc3)C2c2ccccc2)ccc1Cl. The summed E-state index contributed by atoms with van der Waals surface area (Å²) in [6, 6.07) is 19.6. The van der Waals surface area contributed by atoms with Gasteiger partial charge in [-0.05, 0) is 55.0 Å². The first-order valence-electron chi connectivity index (χ1n) is 9.96. The van der Waals surface area contributed by atoms with Crippen LogP contribution in [0.5, 0.6) is 5.75 Å². The highest BCUT2D eigenvalue weighted by atomic mass is 35.5. The number of benzene rings is 3. The number of aliphatic hydroxyl groups excluding tert-OH is 1. The first-order chi connectivity index (χ1) is 15.4. The maximum Gasteiger partial charge on any atom is 0.300 e. The molecule has 1 atom stereocenters. The third-order valence-corrected chi connectivity index (χ3v) is 5.73. The second kappa shape index (κ2) is 9.07. The van der Waals surface area contributed by atoms with Crippen molar-refractivity contribution in [3.05, 3.63) is 99.5 Å². The van der Waals surface area contributed by atoms with Gasteiger partial charge < -0.3 is 9.84 Å². The predicted molar refractivity (Wildman–Crippen MR) is 125 cm³/mol. The fourth-order valence-corrected chi connectivity index (χ4v) is 4.02. The van der Waals surface area contributed by atoms with Crippen LogP contribution in [-0.2, 0) is 9.59 Å². The summed E-state index contributed by atoms with van der Waals surface area (Å²) >= 11 is 12.2. The van der Waals surface area contributed by atoms with E-state index < -0.39 is 17.7 Å². The van der Waals surface area contributed by atoms with Crippen LogP contribution in [0.4, 0.5) is 5.69 Å². The second-order valence-corrected chi connectivity index (χ2v) is 7.98. The Balaban J connectivity index is 1.91. The first-order valence-corrected chi connectivity index (χ1v) is 10.7. The standard InChI is InChI=1S/C25H19Cl2NO4/c1-2-32-20-14-16(8-13-19(20)27)23(29)21-22(15-6-4-3-5-7-15)28(25(31)24(21)30)18-11-9-17(26)10-12-18/h3-14,22,29H,2H2,1H3/b23-21-. The van der Waals surface area contributed by atoms with Crippen molar-refractivity contribution in [2.24, 2.45) is 0 Å². The topological polar surface area (TPSA) is 66.8 Å². The fraction of sp³-hybridized carbons (Fsp3) is 0.120. The van der Waals surface area contributed by atoms with Gasteiger partial charge in [-0.3, -0.25) is 14.5 Å². The molecule has 1 heterocycles. The zero-order chi connectivity index (χ0) is 22.8. The summed E-state index contributed by atoms with van der Waals surface area (Å²) in [5.41, 5.74) is 1.49. The van der Waals surface area contributed by atoms with Crippen molar-refractivity contribution < 1.29 is 19.4 Å². The molecule has 0 spiro atoms. The van der Waals surface area contributed by atoms with Gasteiger partial charge in [0.25, 0.3) is 11.7 Å². The van der Waals surface area contributed by atoms with E-state index in [1.165, 1.54) is 4.90 Å². The molecule has 162 valence electrons. The Morgan fingerprint density at radius 2 is 1.69 bits per heavy atom. The van der Waals surface area contributed by atoms with Crippen molar-refractivity contribution in [3.8, 4) is 5.75 Å². The highest BCUT2D eigenvalue weighted by Gasteiger charge is 2.46. The lowest BCUT2D eigenvalue weighted by Gasteiger charge is -2.25. The molecule has 1 aliphatic heterocycles. The Bertz CT molecular complexity index is 1210. The number of anilines is 1. The van der Waals surface area contributed by atoms with Gasteiger partial charge in [0.05, 0.1) is 23.2 Å². The molecule has 3 aromatic rings. The van der Waals surface area contributed by atoms with Crippen LogP contribution >= 0.6 is 23.2 Å². The molecule has 32 heavy (non-hydrogen) atoms. The van der Waals surface area contributed by atoms with Crippen molar-refractivity contribution in [1.82, 2.24) is 0 Å². The Morgan fingerprint density at radius 1 is 1.00 bits per heavy atom. The lowest BCUT2D eigenvalue weighted by atomic mass is 9.95. The molecule has 4 rings (SSSR count). The van der Waals surface area contributed by atoms with Crippen molar-refractivity contribution in [3.63, 3.8) is 0 Å².